The van der Waals surface area contributed by atoms with Gasteiger partial charge in [-0.1, -0.05) is 0 Å². The lowest BCUT2D eigenvalue weighted by molar-refractivity contribution is 0.594. The van der Waals surface area contributed by atoms with Gasteiger partial charge in [0, 0.05) is 6.07 Å². The van der Waals surface area contributed by atoms with Crippen LogP contribution in [0.15, 0.2) is 17.3 Å². The van der Waals surface area contributed by atoms with Crippen LogP contribution in [0.5, 0.6) is 0 Å². The van der Waals surface area contributed by atoms with Crippen LogP contribution in [0.25, 0.3) is 0 Å². The second-order valence-electron chi connectivity index (χ2n) is 2.14. The third-order valence-electron chi connectivity index (χ3n) is 1.33. The fourth-order valence-corrected chi connectivity index (χ4v) is 0.706. The molecule has 0 radical (unpaired) electrons. The van der Waals surface area contributed by atoms with Gasteiger partial charge in [0.2, 0.25) is 0 Å². The zero-order valence-electron chi connectivity index (χ0n) is 5.77. The Labute approximate surface area is 61.8 Å². The van der Waals surface area contributed by atoms with Gasteiger partial charge in [0.05, 0.1) is 0 Å². The Kier molecular flexibility index (Phi) is 1.94. The van der Waals surface area contributed by atoms with Crippen LogP contribution in [-0.4, -0.2) is 0 Å². The molecule has 0 spiro atoms. The maximum atomic E-state index is 12.6. The molecular formula is C7H5F2NO. The summed E-state index contributed by atoms with van der Waals surface area (Å²) in [6.07, 6.45) is 0. The van der Waals surface area contributed by atoms with Gasteiger partial charge in [-0.3, -0.25) is 0 Å². The highest BCUT2D eigenvalue weighted by molar-refractivity contribution is 5.40. The molecule has 11 heavy (non-hydrogen) atoms. The molecule has 0 aromatic heterocycles. The first-order chi connectivity index (χ1) is 5.15. The highest BCUT2D eigenvalue weighted by Gasteiger charge is 2.06. The van der Waals surface area contributed by atoms with Crippen molar-refractivity contribution in [3.63, 3.8) is 0 Å². The maximum absolute atomic E-state index is 12.6. The second-order valence-corrected chi connectivity index (χ2v) is 2.14. The van der Waals surface area contributed by atoms with E-state index in [9.17, 15) is 13.7 Å². The minimum atomic E-state index is -0.793. The van der Waals surface area contributed by atoms with E-state index in [4.69, 9.17) is 0 Å². The normalized spacial score (nSPS) is 9.73. The van der Waals surface area contributed by atoms with E-state index in [2.05, 4.69) is 5.18 Å². The van der Waals surface area contributed by atoms with E-state index in [1.807, 2.05) is 0 Å². The first-order valence-corrected chi connectivity index (χ1v) is 2.94. The number of nitrogens with zero attached hydrogens (tertiary/aromatic N) is 1. The van der Waals surface area contributed by atoms with E-state index >= 15 is 0 Å². The summed E-state index contributed by atoms with van der Waals surface area (Å²) >= 11 is 0. The SMILES string of the molecule is Cc1cc(F)c(N=O)cc1F. The van der Waals surface area contributed by atoms with Crippen LogP contribution in [0.2, 0.25) is 0 Å². The molecule has 1 aromatic carbocycles. The molecule has 0 amide bonds. The van der Waals surface area contributed by atoms with Gasteiger partial charge < -0.3 is 0 Å². The minimum absolute atomic E-state index is 0.162. The molecule has 0 saturated heterocycles. The lowest BCUT2D eigenvalue weighted by Gasteiger charge is -1.96. The molecule has 0 aliphatic heterocycles. The molecule has 2 nitrogen and oxygen atoms in total. The van der Waals surface area contributed by atoms with Crippen molar-refractivity contribution in [3.05, 3.63) is 34.2 Å². The number of hydrogen-bond acceptors (Lipinski definition) is 2. The number of aryl methyl sites for hydroxylation is 1. The largest absolute Gasteiger partial charge is 0.207 e. The highest BCUT2D eigenvalue weighted by atomic mass is 19.1. The van der Waals surface area contributed by atoms with Gasteiger partial charge in [0.1, 0.15) is 11.5 Å². The summed E-state index contributed by atoms with van der Waals surface area (Å²) in [5, 5.41) is 2.31. The first-order valence-electron chi connectivity index (χ1n) is 2.94. The second kappa shape index (κ2) is 2.74. The molecule has 0 unspecified atom stereocenters. The lowest BCUT2D eigenvalue weighted by Crippen LogP contribution is -1.84. The monoisotopic (exact) mass is 157 g/mol. The Balaban J connectivity index is 3.31. The first kappa shape index (κ1) is 7.78. The van der Waals surface area contributed by atoms with Gasteiger partial charge in [-0.15, -0.1) is 4.91 Å². The number of hydrogen-bond donors (Lipinski definition) is 0. The molecule has 0 heterocycles. The maximum Gasteiger partial charge on any atom is 0.152 e. The molecule has 0 fully saturated rings. The molecule has 4 heteroatoms. The Morgan fingerprint density at radius 2 is 1.91 bits per heavy atom. The van der Waals surface area contributed by atoms with Crippen molar-refractivity contribution in [2.75, 3.05) is 0 Å². The molecule has 58 valence electrons. The zero-order valence-corrected chi connectivity index (χ0v) is 5.77. The van der Waals surface area contributed by atoms with Crippen molar-refractivity contribution in [3.8, 4) is 0 Å². The Bertz CT molecular complexity index is 299. The van der Waals surface area contributed by atoms with Crippen molar-refractivity contribution < 1.29 is 8.78 Å². The van der Waals surface area contributed by atoms with Gasteiger partial charge in [0.25, 0.3) is 0 Å². The molecule has 0 N–H and O–H groups in total. The third kappa shape index (κ3) is 1.39. The van der Waals surface area contributed by atoms with Crippen LogP contribution < -0.4 is 0 Å². The molecule has 0 bridgehead atoms. The summed E-state index contributed by atoms with van der Waals surface area (Å²) in [5.41, 5.74) is -0.331. The number of rotatable bonds is 1. The van der Waals surface area contributed by atoms with E-state index in [0.717, 1.165) is 12.1 Å². The Morgan fingerprint density at radius 3 is 2.45 bits per heavy atom. The quantitative estimate of drug-likeness (QED) is 0.576. The van der Waals surface area contributed by atoms with Crippen molar-refractivity contribution in [2.45, 2.75) is 6.92 Å². The molecule has 0 aliphatic rings. The van der Waals surface area contributed by atoms with Gasteiger partial charge in [-0.25, -0.2) is 8.78 Å². The van der Waals surface area contributed by atoms with Crippen molar-refractivity contribution in [1.82, 2.24) is 0 Å². The van der Waals surface area contributed by atoms with Crippen LogP contribution in [0.4, 0.5) is 14.5 Å². The average molecular weight is 157 g/mol. The smallest absolute Gasteiger partial charge is 0.152 e. The van der Waals surface area contributed by atoms with E-state index in [1.165, 1.54) is 6.92 Å². The van der Waals surface area contributed by atoms with Crippen molar-refractivity contribution in [2.24, 2.45) is 5.18 Å². The Hall–Kier alpha value is -1.32. The van der Waals surface area contributed by atoms with Gasteiger partial charge in [0.15, 0.2) is 5.82 Å². The summed E-state index contributed by atoms with van der Waals surface area (Å²) in [4.78, 5) is 9.83. The summed E-state index contributed by atoms with van der Waals surface area (Å²) < 4.78 is 25.2. The average Bonchev–Trinajstić information content (AvgIpc) is 1.97. The van der Waals surface area contributed by atoms with Gasteiger partial charge in [-0.05, 0) is 23.7 Å². The number of halogens is 2. The van der Waals surface area contributed by atoms with Crippen LogP contribution >= 0.6 is 0 Å². The van der Waals surface area contributed by atoms with Gasteiger partial charge >= 0.3 is 0 Å². The lowest BCUT2D eigenvalue weighted by atomic mass is 10.2. The van der Waals surface area contributed by atoms with E-state index in [-0.39, 0.29) is 5.56 Å². The van der Waals surface area contributed by atoms with E-state index < -0.39 is 17.3 Å². The topological polar surface area (TPSA) is 29.4 Å². The fraction of sp³-hybridized carbons (Fsp3) is 0.143. The van der Waals surface area contributed by atoms with Crippen LogP contribution in [0.3, 0.4) is 0 Å². The summed E-state index contributed by atoms with van der Waals surface area (Å²) in [7, 11) is 0. The molecule has 0 atom stereocenters. The van der Waals surface area contributed by atoms with Gasteiger partial charge in [-0.2, -0.15) is 0 Å². The van der Waals surface area contributed by atoms with Crippen molar-refractivity contribution in [1.29, 1.82) is 0 Å². The molecule has 0 aliphatic carbocycles. The summed E-state index contributed by atoms with van der Waals surface area (Å²) in [6.45, 7) is 1.41. The van der Waals surface area contributed by atoms with Crippen molar-refractivity contribution >= 4 is 5.69 Å². The standard InChI is InChI=1S/C7H5F2NO/c1-4-2-6(9)7(10-11)3-5(4)8/h2-3H,1H3. The van der Waals surface area contributed by atoms with Crippen LogP contribution in [0.1, 0.15) is 5.56 Å². The zero-order chi connectivity index (χ0) is 8.43. The summed E-state index contributed by atoms with van der Waals surface area (Å²) in [5.74, 6) is -1.42. The van der Waals surface area contributed by atoms with Crippen LogP contribution in [-0.2, 0) is 0 Å². The predicted molar refractivity (Wildman–Crippen MR) is 36.6 cm³/mol. The predicted octanol–water partition coefficient (Wildman–Crippen LogP) is 2.67. The van der Waals surface area contributed by atoms with E-state index in [0.29, 0.717) is 0 Å². The third-order valence-corrected chi connectivity index (χ3v) is 1.33. The molecular weight excluding hydrogens is 152 g/mol. The van der Waals surface area contributed by atoms with Crippen LogP contribution in [0, 0.1) is 23.5 Å². The molecule has 0 saturated carbocycles. The summed E-state index contributed by atoms with van der Waals surface area (Å²) in [6, 6.07) is 1.71. The number of nitroso groups, excluding NO2 is 1. The molecule has 1 aromatic rings. The fourth-order valence-electron chi connectivity index (χ4n) is 0.706. The number of benzene rings is 1. The highest BCUT2D eigenvalue weighted by Crippen LogP contribution is 2.20. The van der Waals surface area contributed by atoms with E-state index in [1.54, 1.807) is 0 Å². The minimum Gasteiger partial charge on any atom is -0.207 e. The Morgan fingerprint density at radius 1 is 1.27 bits per heavy atom. The molecule has 1 rings (SSSR count).